The number of aryl methyl sites for hydroxylation is 1. The highest BCUT2D eigenvalue weighted by Gasteiger charge is 2.14. The molecule has 1 amide bonds. The molecule has 0 aliphatic rings. The number of carbonyl (C=O) groups is 1. The van der Waals surface area contributed by atoms with Crippen molar-refractivity contribution in [2.24, 2.45) is 0 Å². The number of hydrogen-bond acceptors (Lipinski definition) is 6. The van der Waals surface area contributed by atoms with Gasteiger partial charge in [0, 0.05) is 0 Å². The number of hydrogen-bond donors (Lipinski definition) is 2. The van der Waals surface area contributed by atoms with Crippen molar-refractivity contribution in [3.05, 3.63) is 28.8 Å². The van der Waals surface area contributed by atoms with Crippen LogP contribution in [0.15, 0.2) is 18.2 Å². The van der Waals surface area contributed by atoms with Gasteiger partial charge in [-0.05, 0) is 25.1 Å². The molecule has 0 fully saturated rings. The SMILES string of the molecule is COc1ccc(O)c(C(=O)Nc2nnc(C)s2)c1. The Labute approximate surface area is 107 Å². The summed E-state index contributed by atoms with van der Waals surface area (Å²) in [5.41, 5.74) is 0.127. The van der Waals surface area contributed by atoms with Crippen molar-refractivity contribution in [1.82, 2.24) is 10.2 Å². The predicted octanol–water partition coefficient (Wildman–Crippen LogP) is 1.81. The van der Waals surface area contributed by atoms with E-state index in [1.54, 1.807) is 13.0 Å². The lowest BCUT2D eigenvalue weighted by Gasteiger charge is -2.06. The number of nitrogens with zero attached hydrogens (tertiary/aromatic N) is 2. The summed E-state index contributed by atoms with van der Waals surface area (Å²) in [4.78, 5) is 11.9. The fourth-order valence-electron chi connectivity index (χ4n) is 1.34. The summed E-state index contributed by atoms with van der Waals surface area (Å²) < 4.78 is 5.00. The van der Waals surface area contributed by atoms with Crippen LogP contribution in [0.4, 0.5) is 5.13 Å². The van der Waals surface area contributed by atoms with E-state index in [1.807, 2.05) is 0 Å². The van der Waals surface area contributed by atoms with Crippen molar-refractivity contribution in [1.29, 1.82) is 0 Å². The van der Waals surface area contributed by atoms with Crippen molar-refractivity contribution in [3.8, 4) is 11.5 Å². The molecule has 0 aliphatic carbocycles. The first-order valence-electron chi connectivity index (χ1n) is 5.08. The zero-order valence-electron chi connectivity index (χ0n) is 9.80. The van der Waals surface area contributed by atoms with Crippen LogP contribution in [-0.2, 0) is 0 Å². The summed E-state index contributed by atoms with van der Waals surface area (Å²) in [5, 5.41) is 20.9. The number of methoxy groups -OCH3 is 1. The van der Waals surface area contributed by atoms with Gasteiger partial charge >= 0.3 is 0 Å². The van der Waals surface area contributed by atoms with Crippen molar-refractivity contribution in [2.75, 3.05) is 12.4 Å². The minimum Gasteiger partial charge on any atom is -0.507 e. The summed E-state index contributed by atoms with van der Waals surface area (Å²) in [6, 6.07) is 4.43. The van der Waals surface area contributed by atoms with E-state index in [-0.39, 0.29) is 11.3 Å². The molecular weight excluding hydrogens is 254 g/mol. The van der Waals surface area contributed by atoms with Gasteiger partial charge in [-0.25, -0.2) is 0 Å². The number of nitrogens with one attached hydrogen (secondary N) is 1. The Balaban J connectivity index is 2.23. The fourth-order valence-corrected chi connectivity index (χ4v) is 1.92. The molecule has 0 atom stereocenters. The number of aromatic hydroxyl groups is 1. The van der Waals surface area contributed by atoms with E-state index < -0.39 is 5.91 Å². The number of phenols is 1. The van der Waals surface area contributed by atoms with Crippen LogP contribution >= 0.6 is 11.3 Å². The van der Waals surface area contributed by atoms with Crippen LogP contribution in [0.25, 0.3) is 0 Å². The summed E-state index contributed by atoms with van der Waals surface area (Å²) in [6.07, 6.45) is 0. The Kier molecular flexibility index (Phi) is 3.42. The summed E-state index contributed by atoms with van der Waals surface area (Å²) in [5.74, 6) is -0.0801. The number of amides is 1. The molecule has 0 saturated carbocycles. The maximum Gasteiger partial charge on any atom is 0.261 e. The van der Waals surface area contributed by atoms with E-state index in [9.17, 15) is 9.90 Å². The molecule has 18 heavy (non-hydrogen) atoms. The zero-order chi connectivity index (χ0) is 13.1. The van der Waals surface area contributed by atoms with Crippen LogP contribution < -0.4 is 10.1 Å². The summed E-state index contributed by atoms with van der Waals surface area (Å²) in [7, 11) is 1.49. The molecule has 94 valence electrons. The number of ether oxygens (including phenoxy) is 1. The van der Waals surface area contributed by atoms with Crippen LogP contribution in [0, 0.1) is 6.92 Å². The Morgan fingerprint density at radius 1 is 1.44 bits per heavy atom. The van der Waals surface area contributed by atoms with Gasteiger partial charge in [0.05, 0.1) is 12.7 Å². The first kappa shape index (κ1) is 12.3. The monoisotopic (exact) mass is 265 g/mol. The molecule has 1 aromatic carbocycles. The lowest BCUT2D eigenvalue weighted by molar-refractivity contribution is 0.102. The molecule has 7 heteroatoms. The normalized spacial score (nSPS) is 10.1. The lowest BCUT2D eigenvalue weighted by Crippen LogP contribution is -2.12. The lowest BCUT2D eigenvalue weighted by atomic mass is 10.2. The Hall–Kier alpha value is -2.15. The quantitative estimate of drug-likeness (QED) is 0.884. The van der Waals surface area contributed by atoms with E-state index in [4.69, 9.17) is 4.74 Å². The largest absolute Gasteiger partial charge is 0.507 e. The Morgan fingerprint density at radius 2 is 2.22 bits per heavy atom. The molecule has 0 aliphatic heterocycles. The second-order valence-electron chi connectivity index (χ2n) is 3.46. The van der Waals surface area contributed by atoms with Crippen molar-refractivity contribution in [2.45, 2.75) is 6.92 Å². The molecule has 6 nitrogen and oxygen atoms in total. The molecular formula is C11H11N3O3S. The number of anilines is 1. The third-order valence-corrected chi connectivity index (χ3v) is 2.95. The summed E-state index contributed by atoms with van der Waals surface area (Å²) >= 11 is 1.26. The van der Waals surface area contributed by atoms with Crippen LogP contribution in [0.5, 0.6) is 11.5 Å². The molecule has 0 bridgehead atoms. The number of rotatable bonds is 3. The molecule has 1 heterocycles. The Morgan fingerprint density at radius 3 is 2.83 bits per heavy atom. The fraction of sp³-hybridized carbons (Fsp3) is 0.182. The van der Waals surface area contributed by atoms with Gasteiger partial charge in [-0.15, -0.1) is 10.2 Å². The van der Waals surface area contributed by atoms with Gasteiger partial charge in [-0.2, -0.15) is 0 Å². The topological polar surface area (TPSA) is 84.3 Å². The molecule has 2 aromatic rings. The van der Waals surface area contributed by atoms with E-state index in [1.165, 1.54) is 30.6 Å². The second kappa shape index (κ2) is 5.01. The number of aromatic nitrogens is 2. The van der Waals surface area contributed by atoms with E-state index in [0.717, 1.165) is 5.01 Å². The first-order valence-corrected chi connectivity index (χ1v) is 5.90. The van der Waals surface area contributed by atoms with E-state index in [0.29, 0.717) is 10.9 Å². The molecule has 2 N–H and O–H groups in total. The minimum atomic E-state index is -0.456. The highest BCUT2D eigenvalue weighted by atomic mass is 32.1. The highest BCUT2D eigenvalue weighted by molar-refractivity contribution is 7.15. The van der Waals surface area contributed by atoms with Crippen LogP contribution in [-0.4, -0.2) is 28.3 Å². The van der Waals surface area contributed by atoms with Gasteiger partial charge in [-0.3, -0.25) is 10.1 Å². The molecule has 0 radical (unpaired) electrons. The van der Waals surface area contributed by atoms with Gasteiger partial charge in [0.2, 0.25) is 5.13 Å². The van der Waals surface area contributed by atoms with Gasteiger partial charge in [-0.1, -0.05) is 11.3 Å². The third kappa shape index (κ3) is 2.57. The van der Waals surface area contributed by atoms with E-state index in [2.05, 4.69) is 15.5 Å². The van der Waals surface area contributed by atoms with Gasteiger partial charge in [0.25, 0.3) is 5.91 Å². The van der Waals surface area contributed by atoms with Crippen LogP contribution in [0.1, 0.15) is 15.4 Å². The van der Waals surface area contributed by atoms with Crippen molar-refractivity contribution >= 4 is 22.4 Å². The average molecular weight is 265 g/mol. The standard InChI is InChI=1S/C11H11N3O3S/c1-6-13-14-11(18-6)12-10(16)8-5-7(17-2)3-4-9(8)15/h3-5,15H,1-2H3,(H,12,14,16). The predicted molar refractivity (Wildman–Crippen MR) is 67.3 cm³/mol. The number of benzene rings is 1. The maximum atomic E-state index is 11.9. The second-order valence-corrected chi connectivity index (χ2v) is 4.65. The third-order valence-electron chi connectivity index (χ3n) is 2.19. The first-order chi connectivity index (χ1) is 8.60. The molecule has 0 spiro atoms. The van der Waals surface area contributed by atoms with Crippen LogP contribution in [0.3, 0.4) is 0 Å². The minimum absolute atomic E-state index is 0.116. The van der Waals surface area contributed by atoms with Gasteiger partial charge in [0.1, 0.15) is 16.5 Å². The summed E-state index contributed by atoms with van der Waals surface area (Å²) in [6.45, 7) is 1.79. The van der Waals surface area contributed by atoms with Crippen molar-refractivity contribution in [3.63, 3.8) is 0 Å². The highest BCUT2D eigenvalue weighted by Crippen LogP contribution is 2.24. The number of phenolic OH excluding ortho intramolecular Hbond substituents is 1. The molecule has 2 rings (SSSR count). The zero-order valence-corrected chi connectivity index (χ0v) is 10.6. The average Bonchev–Trinajstić information content (AvgIpc) is 2.75. The van der Waals surface area contributed by atoms with Crippen molar-refractivity contribution < 1.29 is 14.6 Å². The molecule has 1 aromatic heterocycles. The van der Waals surface area contributed by atoms with Gasteiger partial charge in [0.15, 0.2) is 0 Å². The molecule has 0 unspecified atom stereocenters. The smallest absolute Gasteiger partial charge is 0.261 e. The van der Waals surface area contributed by atoms with Crippen LogP contribution in [0.2, 0.25) is 0 Å². The maximum absolute atomic E-state index is 11.9. The Bertz CT molecular complexity index is 583. The molecule has 0 saturated heterocycles. The number of carbonyl (C=O) groups excluding carboxylic acids is 1. The van der Waals surface area contributed by atoms with Gasteiger partial charge < -0.3 is 9.84 Å². The van der Waals surface area contributed by atoms with E-state index >= 15 is 0 Å².